The van der Waals surface area contributed by atoms with Crippen molar-refractivity contribution in [2.75, 3.05) is 5.32 Å². The lowest BCUT2D eigenvalue weighted by Crippen LogP contribution is -2.13. The van der Waals surface area contributed by atoms with E-state index in [-0.39, 0.29) is 5.91 Å². The number of anilines is 1. The van der Waals surface area contributed by atoms with Gasteiger partial charge in [-0.3, -0.25) is 14.5 Å². The Morgan fingerprint density at radius 1 is 1.41 bits per heavy atom. The molecule has 88 valence electrons. The van der Waals surface area contributed by atoms with Crippen LogP contribution in [-0.4, -0.2) is 20.7 Å². The summed E-state index contributed by atoms with van der Waals surface area (Å²) in [6, 6.07) is 3.41. The van der Waals surface area contributed by atoms with E-state index in [1.807, 2.05) is 0 Å². The number of carbonyl (C=O) groups is 1. The topological polar surface area (TPSA) is 59.8 Å². The van der Waals surface area contributed by atoms with Crippen LogP contribution in [0.3, 0.4) is 0 Å². The van der Waals surface area contributed by atoms with Crippen LogP contribution in [0.1, 0.15) is 16.1 Å². The van der Waals surface area contributed by atoms with Crippen molar-refractivity contribution < 1.29 is 4.79 Å². The molecule has 0 saturated heterocycles. The molecule has 6 heteroatoms. The average Bonchev–Trinajstić information content (AvgIpc) is 2.54. The Kier molecular flexibility index (Phi) is 3.10. The van der Waals surface area contributed by atoms with Crippen LogP contribution in [0.2, 0.25) is 5.15 Å². The highest BCUT2D eigenvalue weighted by Crippen LogP contribution is 2.19. The van der Waals surface area contributed by atoms with E-state index >= 15 is 0 Å². The summed E-state index contributed by atoms with van der Waals surface area (Å²) in [5, 5.41) is 7.15. The van der Waals surface area contributed by atoms with E-state index in [0.717, 1.165) is 0 Å². The number of carbonyl (C=O) groups excluding carboxylic acids is 1. The van der Waals surface area contributed by atoms with Gasteiger partial charge in [-0.2, -0.15) is 5.10 Å². The fourth-order valence-electron chi connectivity index (χ4n) is 1.52. The standard InChI is InChI=1S/C11H11ClN4O/c1-7-9(10(12)16(2)15-7)11(17)14-8-3-5-13-6-4-8/h3-6H,1-2H3,(H,13,14,17). The van der Waals surface area contributed by atoms with Crippen LogP contribution < -0.4 is 5.32 Å². The van der Waals surface area contributed by atoms with E-state index in [1.165, 1.54) is 4.68 Å². The van der Waals surface area contributed by atoms with Gasteiger partial charge in [-0.1, -0.05) is 11.6 Å². The quantitative estimate of drug-likeness (QED) is 0.887. The normalized spacial score (nSPS) is 10.3. The molecule has 0 fully saturated rings. The maximum Gasteiger partial charge on any atom is 0.260 e. The zero-order valence-corrected chi connectivity index (χ0v) is 10.2. The van der Waals surface area contributed by atoms with E-state index in [9.17, 15) is 4.79 Å². The summed E-state index contributed by atoms with van der Waals surface area (Å²) < 4.78 is 1.47. The lowest BCUT2D eigenvalue weighted by atomic mass is 10.2. The fourth-order valence-corrected chi connectivity index (χ4v) is 1.78. The number of aryl methyl sites for hydroxylation is 2. The third kappa shape index (κ3) is 2.29. The van der Waals surface area contributed by atoms with Crippen molar-refractivity contribution >= 4 is 23.2 Å². The number of rotatable bonds is 2. The highest BCUT2D eigenvalue weighted by atomic mass is 35.5. The van der Waals surface area contributed by atoms with Crippen LogP contribution in [0.15, 0.2) is 24.5 Å². The smallest absolute Gasteiger partial charge is 0.260 e. The summed E-state index contributed by atoms with van der Waals surface area (Å²) in [6.07, 6.45) is 3.21. The van der Waals surface area contributed by atoms with Gasteiger partial charge >= 0.3 is 0 Å². The second kappa shape index (κ2) is 4.55. The molecule has 1 amide bonds. The van der Waals surface area contributed by atoms with Crippen LogP contribution in [0.25, 0.3) is 0 Å². The molecule has 0 aliphatic heterocycles. The molecule has 2 aromatic heterocycles. The van der Waals surface area contributed by atoms with Crippen LogP contribution in [0, 0.1) is 6.92 Å². The first-order valence-corrected chi connectivity index (χ1v) is 5.38. The molecule has 0 saturated carbocycles. The van der Waals surface area contributed by atoms with E-state index in [4.69, 9.17) is 11.6 Å². The van der Waals surface area contributed by atoms with E-state index < -0.39 is 0 Å². The molecule has 0 spiro atoms. The molecule has 5 nitrogen and oxygen atoms in total. The third-order valence-electron chi connectivity index (χ3n) is 2.32. The van der Waals surface area contributed by atoms with E-state index in [2.05, 4.69) is 15.4 Å². The maximum absolute atomic E-state index is 12.0. The highest BCUT2D eigenvalue weighted by molar-refractivity contribution is 6.33. The Bertz CT molecular complexity index is 550. The molecule has 2 aromatic rings. The van der Waals surface area contributed by atoms with Crippen molar-refractivity contribution in [2.24, 2.45) is 7.05 Å². The summed E-state index contributed by atoms with van der Waals surface area (Å²) >= 11 is 6.00. The highest BCUT2D eigenvalue weighted by Gasteiger charge is 2.18. The monoisotopic (exact) mass is 250 g/mol. The predicted octanol–water partition coefficient (Wildman–Crippen LogP) is 2.03. The van der Waals surface area contributed by atoms with Gasteiger partial charge in [-0.05, 0) is 19.1 Å². The van der Waals surface area contributed by atoms with Crippen LogP contribution in [-0.2, 0) is 7.05 Å². The van der Waals surface area contributed by atoms with E-state index in [0.29, 0.717) is 22.1 Å². The first-order valence-electron chi connectivity index (χ1n) is 5.00. The van der Waals surface area contributed by atoms with Gasteiger partial charge in [0.15, 0.2) is 0 Å². The first-order chi connectivity index (χ1) is 8.09. The zero-order valence-electron chi connectivity index (χ0n) is 9.44. The zero-order chi connectivity index (χ0) is 12.4. The summed E-state index contributed by atoms with van der Waals surface area (Å²) in [6.45, 7) is 1.74. The van der Waals surface area contributed by atoms with Crippen molar-refractivity contribution in [1.29, 1.82) is 0 Å². The first kappa shape index (κ1) is 11.6. The second-order valence-electron chi connectivity index (χ2n) is 3.56. The molecule has 0 aliphatic rings. The van der Waals surface area contributed by atoms with Crippen LogP contribution in [0.4, 0.5) is 5.69 Å². The number of hydrogen-bond acceptors (Lipinski definition) is 3. The molecular formula is C11H11ClN4O. The second-order valence-corrected chi connectivity index (χ2v) is 3.92. The van der Waals surface area contributed by atoms with Crippen molar-refractivity contribution in [3.05, 3.63) is 40.9 Å². The largest absolute Gasteiger partial charge is 0.322 e. The van der Waals surface area contributed by atoms with Crippen LogP contribution >= 0.6 is 11.6 Å². The van der Waals surface area contributed by atoms with Crippen molar-refractivity contribution in [2.45, 2.75) is 6.92 Å². The summed E-state index contributed by atoms with van der Waals surface area (Å²) in [5.74, 6) is -0.271. The minimum Gasteiger partial charge on any atom is -0.322 e. The van der Waals surface area contributed by atoms with Gasteiger partial charge in [0.05, 0.1) is 11.3 Å². The van der Waals surface area contributed by atoms with Crippen molar-refractivity contribution in [3.8, 4) is 0 Å². The Morgan fingerprint density at radius 3 is 2.59 bits per heavy atom. The van der Waals surface area contributed by atoms with Gasteiger partial charge < -0.3 is 5.32 Å². The van der Waals surface area contributed by atoms with E-state index in [1.54, 1.807) is 38.5 Å². The number of hydrogen-bond donors (Lipinski definition) is 1. The Balaban J connectivity index is 2.27. The number of amides is 1. The molecule has 0 aromatic carbocycles. The summed E-state index contributed by atoms with van der Waals surface area (Å²) in [5.41, 5.74) is 1.67. The molecule has 0 atom stereocenters. The fraction of sp³-hybridized carbons (Fsp3) is 0.182. The lowest BCUT2D eigenvalue weighted by molar-refractivity contribution is 0.102. The molecule has 2 rings (SSSR count). The van der Waals surface area contributed by atoms with Gasteiger partial charge in [-0.25, -0.2) is 0 Å². The van der Waals surface area contributed by atoms with Crippen LogP contribution in [0.5, 0.6) is 0 Å². The molecule has 17 heavy (non-hydrogen) atoms. The minimum atomic E-state index is -0.271. The number of halogens is 1. The Labute approximate surface area is 103 Å². The van der Waals surface area contributed by atoms with Gasteiger partial charge in [0.1, 0.15) is 5.15 Å². The SMILES string of the molecule is Cc1nn(C)c(Cl)c1C(=O)Nc1ccncc1. The molecule has 2 heterocycles. The van der Waals surface area contributed by atoms with Gasteiger partial charge in [0.25, 0.3) is 5.91 Å². The molecular weight excluding hydrogens is 240 g/mol. The Hall–Kier alpha value is -1.88. The summed E-state index contributed by atoms with van der Waals surface area (Å²) in [7, 11) is 1.69. The van der Waals surface area contributed by atoms with Crippen molar-refractivity contribution in [3.63, 3.8) is 0 Å². The number of nitrogens with one attached hydrogen (secondary N) is 1. The predicted molar refractivity (Wildman–Crippen MR) is 65.1 cm³/mol. The van der Waals surface area contributed by atoms with Gasteiger partial charge in [0.2, 0.25) is 0 Å². The number of nitrogens with zero attached hydrogens (tertiary/aromatic N) is 3. The summed E-state index contributed by atoms with van der Waals surface area (Å²) in [4.78, 5) is 15.9. The minimum absolute atomic E-state index is 0.271. The maximum atomic E-state index is 12.0. The molecule has 0 unspecified atom stereocenters. The van der Waals surface area contributed by atoms with Gasteiger partial charge in [-0.15, -0.1) is 0 Å². The molecule has 0 bridgehead atoms. The van der Waals surface area contributed by atoms with Crippen molar-refractivity contribution in [1.82, 2.24) is 14.8 Å². The lowest BCUT2D eigenvalue weighted by Gasteiger charge is -2.03. The number of pyridine rings is 1. The molecule has 0 aliphatic carbocycles. The Morgan fingerprint density at radius 2 is 2.06 bits per heavy atom. The molecule has 0 radical (unpaired) electrons. The molecule has 1 N–H and O–H groups in total. The average molecular weight is 251 g/mol. The van der Waals surface area contributed by atoms with Gasteiger partial charge in [0, 0.05) is 25.1 Å². The third-order valence-corrected chi connectivity index (χ3v) is 2.75. The number of aromatic nitrogens is 3.